The molecular weight excluding hydrogens is 255 g/mol. The summed E-state index contributed by atoms with van der Waals surface area (Å²) in [4.78, 5) is 0. The van der Waals surface area contributed by atoms with Gasteiger partial charge >= 0.3 is 0 Å². The molecular formula is C13H10Cl2N2. The van der Waals surface area contributed by atoms with Crippen LogP contribution in [0.5, 0.6) is 0 Å². The number of halogens is 2. The summed E-state index contributed by atoms with van der Waals surface area (Å²) < 4.78 is 0. The number of benzene rings is 2. The maximum Gasteiger partial charge on any atom is 0.0576 e. The predicted molar refractivity (Wildman–Crippen MR) is 74.1 cm³/mol. The zero-order valence-corrected chi connectivity index (χ0v) is 10.4. The summed E-state index contributed by atoms with van der Waals surface area (Å²) in [6.07, 6.45) is 1.67. The highest BCUT2D eigenvalue weighted by molar-refractivity contribution is 6.33. The van der Waals surface area contributed by atoms with Gasteiger partial charge < -0.3 is 0 Å². The summed E-state index contributed by atoms with van der Waals surface area (Å²) in [5.74, 6) is 0. The SMILES string of the molecule is Clc1cccc(NN=Cc2ccccc2Cl)c1. The van der Waals surface area contributed by atoms with E-state index in [0.717, 1.165) is 11.3 Å². The standard InChI is InChI=1S/C13H10Cl2N2/c14-11-5-3-6-12(8-11)17-16-9-10-4-1-2-7-13(10)15/h1-9,17H. The lowest BCUT2D eigenvalue weighted by Gasteiger charge is -2.00. The van der Waals surface area contributed by atoms with Gasteiger partial charge in [-0.25, -0.2) is 0 Å². The smallest absolute Gasteiger partial charge is 0.0576 e. The van der Waals surface area contributed by atoms with Gasteiger partial charge in [0.25, 0.3) is 0 Å². The minimum Gasteiger partial charge on any atom is -0.278 e. The molecule has 0 radical (unpaired) electrons. The average Bonchev–Trinajstić information content (AvgIpc) is 2.32. The quantitative estimate of drug-likeness (QED) is 0.644. The number of hydrogen-bond acceptors (Lipinski definition) is 2. The van der Waals surface area contributed by atoms with Crippen LogP contribution in [0.15, 0.2) is 53.6 Å². The first-order chi connectivity index (χ1) is 8.25. The molecule has 0 unspecified atom stereocenters. The summed E-state index contributed by atoms with van der Waals surface area (Å²) in [6, 6.07) is 14.9. The molecule has 0 fully saturated rings. The molecule has 0 atom stereocenters. The molecule has 2 rings (SSSR count). The molecule has 0 saturated carbocycles. The van der Waals surface area contributed by atoms with Crippen LogP contribution in [-0.4, -0.2) is 6.21 Å². The highest BCUT2D eigenvalue weighted by Gasteiger charge is 1.94. The van der Waals surface area contributed by atoms with Gasteiger partial charge in [0.05, 0.1) is 11.9 Å². The minimum atomic E-state index is 0.669. The van der Waals surface area contributed by atoms with Crippen molar-refractivity contribution in [2.45, 2.75) is 0 Å². The van der Waals surface area contributed by atoms with Crippen molar-refractivity contribution in [3.8, 4) is 0 Å². The molecule has 86 valence electrons. The van der Waals surface area contributed by atoms with Crippen molar-refractivity contribution in [3.63, 3.8) is 0 Å². The zero-order valence-electron chi connectivity index (χ0n) is 8.90. The van der Waals surface area contributed by atoms with E-state index in [9.17, 15) is 0 Å². The van der Waals surface area contributed by atoms with Crippen LogP contribution in [0.25, 0.3) is 0 Å². The van der Waals surface area contributed by atoms with Crippen molar-refractivity contribution in [2.75, 3.05) is 5.43 Å². The van der Waals surface area contributed by atoms with Crippen LogP contribution in [0, 0.1) is 0 Å². The Morgan fingerprint density at radius 3 is 2.59 bits per heavy atom. The third-order valence-electron chi connectivity index (χ3n) is 2.13. The molecule has 2 aromatic carbocycles. The number of hydrogen-bond donors (Lipinski definition) is 1. The molecule has 0 aromatic heterocycles. The first-order valence-electron chi connectivity index (χ1n) is 5.05. The van der Waals surface area contributed by atoms with Crippen LogP contribution in [0.3, 0.4) is 0 Å². The fourth-order valence-corrected chi connectivity index (χ4v) is 1.69. The van der Waals surface area contributed by atoms with Crippen LogP contribution in [0.4, 0.5) is 5.69 Å². The van der Waals surface area contributed by atoms with Gasteiger partial charge in [-0.15, -0.1) is 0 Å². The number of nitrogens with zero attached hydrogens (tertiary/aromatic N) is 1. The Kier molecular flexibility index (Phi) is 4.02. The molecule has 4 heteroatoms. The Balaban J connectivity index is 2.06. The van der Waals surface area contributed by atoms with Gasteiger partial charge in [0.1, 0.15) is 0 Å². The van der Waals surface area contributed by atoms with Crippen LogP contribution < -0.4 is 5.43 Å². The first-order valence-corrected chi connectivity index (χ1v) is 5.80. The van der Waals surface area contributed by atoms with Gasteiger partial charge in [-0.05, 0) is 24.3 Å². The summed E-state index contributed by atoms with van der Waals surface area (Å²) >= 11 is 11.8. The van der Waals surface area contributed by atoms with E-state index in [2.05, 4.69) is 10.5 Å². The molecule has 0 bridgehead atoms. The number of rotatable bonds is 3. The maximum absolute atomic E-state index is 5.99. The van der Waals surface area contributed by atoms with Crippen LogP contribution >= 0.6 is 23.2 Å². The number of nitrogens with one attached hydrogen (secondary N) is 1. The molecule has 17 heavy (non-hydrogen) atoms. The van der Waals surface area contributed by atoms with E-state index >= 15 is 0 Å². The molecule has 2 nitrogen and oxygen atoms in total. The lowest BCUT2D eigenvalue weighted by molar-refractivity contribution is 1.35. The van der Waals surface area contributed by atoms with Gasteiger partial charge in [-0.1, -0.05) is 47.5 Å². The summed E-state index contributed by atoms with van der Waals surface area (Å²) in [6.45, 7) is 0. The number of hydrazone groups is 1. The third kappa shape index (κ3) is 3.48. The van der Waals surface area contributed by atoms with E-state index in [1.165, 1.54) is 0 Å². The second-order valence-corrected chi connectivity index (χ2v) is 4.25. The molecule has 0 aliphatic carbocycles. The van der Waals surface area contributed by atoms with Crippen LogP contribution in [-0.2, 0) is 0 Å². The lowest BCUT2D eigenvalue weighted by Crippen LogP contribution is -1.90. The van der Waals surface area contributed by atoms with Crippen molar-refractivity contribution in [1.29, 1.82) is 0 Å². The second-order valence-electron chi connectivity index (χ2n) is 3.40. The fraction of sp³-hybridized carbons (Fsp3) is 0. The fourth-order valence-electron chi connectivity index (χ4n) is 1.31. The molecule has 0 aliphatic rings. The van der Waals surface area contributed by atoms with Crippen LogP contribution in [0.2, 0.25) is 10.0 Å². The minimum absolute atomic E-state index is 0.669. The van der Waals surface area contributed by atoms with Gasteiger partial charge in [0.2, 0.25) is 0 Å². The summed E-state index contributed by atoms with van der Waals surface area (Å²) in [7, 11) is 0. The molecule has 0 aliphatic heterocycles. The average molecular weight is 265 g/mol. The number of anilines is 1. The Hall–Kier alpha value is -1.51. The van der Waals surface area contributed by atoms with E-state index in [-0.39, 0.29) is 0 Å². The largest absolute Gasteiger partial charge is 0.278 e. The van der Waals surface area contributed by atoms with E-state index in [0.29, 0.717) is 10.0 Å². The second kappa shape index (κ2) is 5.71. The van der Waals surface area contributed by atoms with Gasteiger partial charge in [-0.3, -0.25) is 5.43 Å². The normalized spacial score (nSPS) is 10.7. The Morgan fingerprint density at radius 1 is 1.00 bits per heavy atom. The van der Waals surface area contributed by atoms with Crippen molar-refractivity contribution in [3.05, 3.63) is 64.1 Å². The molecule has 2 aromatic rings. The topological polar surface area (TPSA) is 24.4 Å². The van der Waals surface area contributed by atoms with E-state index in [1.807, 2.05) is 42.5 Å². The first kappa shape index (κ1) is 12.0. The molecule has 0 spiro atoms. The van der Waals surface area contributed by atoms with Crippen molar-refractivity contribution < 1.29 is 0 Å². The molecule has 0 saturated heterocycles. The highest BCUT2D eigenvalue weighted by Crippen LogP contribution is 2.15. The predicted octanol–water partition coefficient (Wildman–Crippen LogP) is 4.44. The lowest BCUT2D eigenvalue weighted by atomic mass is 10.2. The van der Waals surface area contributed by atoms with Gasteiger partial charge in [0.15, 0.2) is 0 Å². The van der Waals surface area contributed by atoms with E-state index < -0.39 is 0 Å². The monoisotopic (exact) mass is 264 g/mol. The summed E-state index contributed by atoms with van der Waals surface area (Å²) in [5.41, 5.74) is 4.59. The summed E-state index contributed by atoms with van der Waals surface area (Å²) in [5, 5.41) is 5.44. The Morgan fingerprint density at radius 2 is 1.82 bits per heavy atom. The maximum atomic E-state index is 5.99. The molecule has 0 heterocycles. The molecule has 1 N–H and O–H groups in total. The van der Waals surface area contributed by atoms with Crippen molar-refractivity contribution in [2.24, 2.45) is 5.10 Å². The highest BCUT2D eigenvalue weighted by atomic mass is 35.5. The van der Waals surface area contributed by atoms with Crippen molar-refractivity contribution in [1.82, 2.24) is 0 Å². The zero-order chi connectivity index (χ0) is 12.1. The Bertz CT molecular complexity index is 538. The van der Waals surface area contributed by atoms with Gasteiger partial charge in [-0.2, -0.15) is 5.10 Å². The third-order valence-corrected chi connectivity index (χ3v) is 2.71. The molecule has 0 amide bonds. The Labute approximate surface area is 110 Å². The van der Waals surface area contributed by atoms with Gasteiger partial charge in [0, 0.05) is 15.6 Å². The van der Waals surface area contributed by atoms with E-state index in [1.54, 1.807) is 12.3 Å². The van der Waals surface area contributed by atoms with E-state index in [4.69, 9.17) is 23.2 Å². The van der Waals surface area contributed by atoms with Crippen molar-refractivity contribution >= 4 is 35.1 Å². The van der Waals surface area contributed by atoms with Crippen LogP contribution in [0.1, 0.15) is 5.56 Å².